The molecule has 3 aromatic carbocycles. The first-order chi connectivity index (χ1) is 14.3. The van der Waals surface area contributed by atoms with Crippen molar-refractivity contribution in [2.24, 2.45) is 5.10 Å². The molecule has 0 N–H and O–H groups in total. The van der Waals surface area contributed by atoms with Crippen molar-refractivity contribution < 1.29 is 21.7 Å². The Hall–Kier alpha value is -2.21. The van der Waals surface area contributed by atoms with Gasteiger partial charge < -0.3 is 17.0 Å². The van der Waals surface area contributed by atoms with Crippen molar-refractivity contribution in [3.05, 3.63) is 107 Å². The largest absolute Gasteiger partial charge is 1.00 e. The molecule has 2 nitrogen and oxygen atoms in total. The van der Waals surface area contributed by atoms with E-state index in [0.29, 0.717) is 0 Å². The van der Waals surface area contributed by atoms with Crippen molar-refractivity contribution in [1.82, 2.24) is 0 Å². The van der Waals surface area contributed by atoms with Gasteiger partial charge in [-0.15, -0.1) is 0 Å². The normalized spacial score (nSPS) is 12.5. The van der Waals surface area contributed by atoms with E-state index in [4.69, 9.17) is 5.10 Å². The van der Waals surface area contributed by atoms with Crippen molar-refractivity contribution in [3.8, 4) is 22.4 Å². The molecule has 5 rings (SSSR count). The predicted octanol–water partition coefficient (Wildman–Crippen LogP) is 3.43. The molecule has 1 aromatic heterocycles. The molecule has 0 bridgehead atoms. The van der Waals surface area contributed by atoms with E-state index < -0.39 is 0 Å². The molecule has 5 heteroatoms. The number of aromatic nitrogens is 1. The molecule has 0 spiro atoms. The lowest BCUT2D eigenvalue weighted by Gasteiger charge is -2.13. The van der Waals surface area contributed by atoms with Crippen molar-refractivity contribution in [2.45, 2.75) is 5.03 Å². The van der Waals surface area contributed by atoms with Gasteiger partial charge >= 0.3 is 0 Å². The minimum atomic E-state index is 0. The standard InChI is InChI=1S/C25H18BrN2S.BrH/c26-22-13-11-19(12-14-22)23-17-29-25-16-21(18-7-3-1-4-8-18)15-24(28(25)27-23)20-9-5-2-6-10-20;/h1-16H,17H2;1H/q+1;/p-1. The highest BCUT2D eigenvalue weighted by Crippen LogP contribution is 2.30. The molecule has 1 aliphatic rings. The summed E-state index contributed by atoms with van der Waals surface area (Å²) in [5.74, 6) is 0.855. The molecule has 4 aromatic rings. The minimum Gasteiger partial charge on any atom is -1.00 e. The molecule has 148 valence electrons. The highest BCUT2D eigenvalue weighted by molar-refractivity contribution is 9.10. The topological polar surface area (TPSA) is 16.2 Å². The van der Waals surface area contributed by atoms with Gasteiger partial charge in [0, 0.05) is 32.8 Å². The smallest absolute Gasteiger partial charge is 0.273 e. The Morgan fingerprint density at radius 3 is 2.00 bits per heavy atom. The van der Waals surface area contributed by atoms with Gasteiger partial charge in [0.1, 0.15) is 5.71 Å². The van der Waals surface area contributed by atoms with Gasteiger partial charge in [0.15, 0.2) is 0 Å². The quantitative estimate of drug-likeness (QED) is 0.366. The van der Waals surface area contributed by atoms with Crippen LogP contribution in [0.25, 0.3) is 22.4 Å². The lowest BCUT2D eigenvalue weighted by Crippen LogP contribution is -3.00. The van der Waals surface area contributed by atoms with Crippen LogP contribution < -0.4 is 21.7 Å². The number of halogens is 2. The minimum absolute atomic E-state index is 0. The second-order valence-electron chi connectivity index (χ2n) is 6.85. The van der Waals surface area contributed by atoms with Crippen LogP contribution in [0.4, 0.5) is 0 Å². The molecule has 30 heavy (non-hydrogen) atoms. The summed E-state index contributed by atoms with van der Waals surface area (Å²) in [6.07, 6.45) is 0. The zero-order valence-electron chi connectivity index (χ0n) is 16.0. The molecule has 0 aliphatic carbocycles. The van der Waals surface area contributed by atoms with Gasteiger partial charge in [-0.25, -0.2) is 0 Å². The van der Waals surface area contributed by atoms with Crippen molar-refractivity contribution in [3.63, 3.8) is 0 Å². The molecule has 0 atom stereocenters. The van der Waals surface area contributed by atoms with E-state index in [9.17, 15) is 0 Å². The van der Waals surface area contributed by atoms with Gasteiger partial charge in [-0.2, -0.15) is 0 Å². The van der Waals surface area contributed by atoms with E-state index in [2.05, 4.69) is 112 Å². The lowest BCUT2D eigenvalue weighted by molar-refractivity contribution is -0.705. The predicted molar refractivity (Wildman–Crippen MR) is 124 cm³/mol. The molecule has 2 heterocycles. The summed E-state index contributed by atoms with van der Waals surface area (Å²) in [5.41, 5.74) is 6.94. The zero-order chi connectivity index (χ0) is 19.6. The van der Waals surface area contributed by atoms with Crippen LogP contribution in [0.5, 0.6) is 0 Å². The van der Waals surface area contributed by atoms with Crippen molar-refractivity contribution in [1.29, 1.82) is 0 Å². The van der Waals surface area contributed by atoms with E-state index in [1.165, 1.54) is 11.1 Å². The van der Waals surface area contributed by atoms with Gasteiger partial charge in [0.25, 0.3) is 5.03 Å². The van der Waals surface area contributed by atoms with Crippen LogP contribution in [-0.4, -0.2) is 11.5 Å². The maximum Gasteiger partial charge on any atom is 0.273 e. The van der Waals surface area contributed by atoms with Crippen LogP contribution in [0.2, 0.25) is 0 Å². The second-order valence-corrected chi connectivity index (χ2v) is 8.76. The Morgan fingerprint density at radius 1 is 0.700 bits per heavy atom. The Labute approximate surface area is 199 Å². The van der Waals surface area contributed by atoms with Gasteiger partial charge in [-0.3, -0.25) is 0 Å². The monoisotopic (exact) mass is 536 g/mol. The van der Waals surface area contributed by atoms with Gasteiger partial charge in [0.2, 0.25) is 5.69 Å². The number of fused-ring (bicyclic) bond motifs is 1. The first kappa shape index (κ1) is 21.0. The summed E-state index contributed by atoms with van der Waals surface area (Å²) in [6.45, 7) is 0. The molecular weight excluding hydrogens is 520 g/mol. The second kappa shape index (κ2) is 9.29. The van der Waals surface area contributed by atoms with Crippen LogP contribution in [0.1, 0.15) is 5.56 Å². The summed E-state index contributed by atoms with van der Waals surface area (Å²) < 4.78 is 3.17. The Kier molecular flexibility index (Phi) is 6.52. The van der Waals surface area contributed by atoms with Crippen LogP contribution in [0.15, 0.2) is 112 Å². The van der Waals surface area contributed by atoms with Crippen LogP contribution in [0.3, 0.4) is 0 Å². The molecule has 0 unspecified atom stereocenters. The summed E-state index contributed by atoms with van der Waals surface area (Å²) in [5, 5.41) is 6.21. The van der Waals surface area contributed by atoms with Crippen molar-refractivity contribution in [2.75, 3.05) is 5.75 Å². The third-order valence-corrected chi connectivity index (χ3v) is 6.47. The van der Waals surface area contributed by atoms with E-state index in [1.807, 2.05) is 17.8 Å². The van der Waals surface area contributed by atoms with Crippen LogP contribution >= 0.6 is 27.7 Å². The fourth-order valence-electron chi connectivity index (χ4n) is 3.46. The van der Waals surface area contributed by atoms with E-state index in [0.717, 1.165) is 37.8 Å². The highest BCUT2D eigenvalue weighted by atomic mass is 79.9. The summed E-state index contributed by atoms with van der Waals surface area (Å²) in [6, 6.07) is 33.9. The fraction of sp³-hybridized carbons (Fsp3) is 0.0400. The molecule has 0 saturated carbocycles. The van der Waals surface area contributed by atoms with Gasteiger partial charge in [-0.1, -0.05) is 76.6 Å². The number of nitrogens with zero attached hydrogens (tertiary/aromatic N) is 2. The number of hydrogen-bond acceptors (Lipinski definition) is 2. The van der Waals surface area contributed by atoms with Crippen LogP contribution in [0, 0.1) is 0 Å². The van der Waals surface area contributed by atoms with Crippen molar-refractivity contribution >= 4 is 33.4 Å². The number of rotatable bonds is 3. The average Bonchev–Trinajstić information content (AvgIpc) is 2.80. The lowest BCUT2D eigenvalue weighted by atomic mass is 10.0. The zero-order valence-corrected chi connectivity index (χ0v) is 20.0. The molecule has 0 fully saturated rings. The number of benzene rings is 3. The Balaban J connectivity index is 0.00000218. The third-order valence-electron chi connectivity index (χ3n) is 4.94. The summed E-state index contributed by atoms with van der Waals surface area (Å²) in [4.78, 5) is 0. The van der Waals surface area contributed by atoms with Gasteiger partial charge in [0.05, 0.1) is 5.75 Å². The molecule has 0 amide bonds. The molecule has 0 radical (unpaired) electrons. The number of hydrogen-bond donors (Lipinski definition) is 0. The van der Waals surface area contributed by atoms with E-state index in [1.54, 1.807) is 0 Å². The molecule has 0 saturated heterocycles. The van der Waals surface area contributed by atoms with Gasteiger partial charge in [-0.05, 0) is 51.8 Å². The number of pyridine rings is 1. The first-order valence-electron chi connectivity index (χ1n) is 9.45. The first-order valence-corrected chi connectivity index (χ1v) is 11.2. The highest BCUT2D eigenvalue weighted by Gasteiger charge is 2.27. The molecular formula is C25H18Br2N2S. The number of thioether (sulfide) groups is 1. The summed E-state index contributed by atoms with van der Waals surface area (Å²) in [7, 11) is 0. The molecule has 1 aliphatic heterocycles. The Morgan fingerprint density at radius 2 is 1.33 bits per heavy atom. The van der Waals surface area contributed by atoms with Crippen LogP contribution in [-0.2, 0) is 0 Å². The fourth-order valence-corrected chi connectivity index (χ4v) is 4.70. The third kappa shape index (κ3) is 4.29. The Bertz CT molecular complexity index is 1190. The van der Waals surface area contributed by atoms with E-state index >= 15 is 0 Å². The van der Waals surface area contributed by atoms with E-state index in [-0.39, 0.29) is 17.0 Å². The summed E-state index contributed by atoms with van der Waals surface area (Å²) >= 11 is 5.35. The SMILES string of the molecule is Brc1ccc(C2=N[n+]3c(cc(-c4ccccc4)cc3-c3ccccc3)SC2)cc1.[Br-]. The maximum absolute atomic E-state index is 5.05. The maximum atomic E-state index is 5.05. The average molecular weight is 538 g/mol.